The minimum absolute atomic E-state index is 1.12. The Balaban J connectivity index is 0.000000114. The zero-order chi connectivity index (χ0) is 30.2. The molecule has 6 aromatic carbocycles. The molecule has 0 unspecified atom stereocenters. The van der Waals surface area contributed by atoms with E-state index in [1.807, 2.05) is 53.0 Å². The molecule has 1 nitrogen and oxygen atoms in total. The Morgan fingerprint density at radius 2 is 1.09 bits per heavy atom. The van der Waals surface area contributed by atoms with Gasteiger partial charge in [-0.05, 0) is 53.6 Å². The number of para-hydroxylation sites is 2. The van der Waals surface area contributed by atoms with Crippen molar-refractivity contribution in [3.05, 3.63) is 173 Å². The lowest BCUT2D eigenvalue weighted by Crippen LogP contribution is -1.91. The summed E-state index contributed by atoms with van der Waals surface area (Å²) < 4.78 is 6.29. The smallest absolute Gasteiger partial charge is 0.109 e. The van der Waals surface area contributed by atoms with E-state index in [1.54, 1.807) is 0 Å². The summed E-state index contributed by atoms with van der Waals surface area (Å²) in [5.74, 6) is 0. The third kappa shape index (κ3) is 5.19. The molecule has 0 spiro atoms. The Labute approximate surface area is 278 Å². The summed E-state index contributed by atoms with van der Waals surface area (Å²) in [7, 11) is 0. The van der Waals surface area contributed by atoms with Gasteiger partial charge in [-0.15, -0.1) is 22.7 Å². The molecule has 0 radical (unpaired) electrons. The Morgan fingerprint density at radius 3 is 1.82 bits per heavy atom. The molecule has 0 bridgehead atoms. The van der Waals surface area contributed by atoms with Crippen LogP contribution in [0.15, 0.2) is 162 Å². The first-order chi connectivity index (χ1) is 22.3. The summed E-state index contributed by atoms with van der Waals surface area (Å²) >= 11 is 7.13. The van der Waals surface area contributed by atoms with Gasteiger partial charge in [-0.1, -0.05) is 131 Å². The second kappa shape index (κ2) is 12.1. The van der Waals surface area contributed by atoms with Crippen LogP contribution in [0.3, 0.4) is 0 Å². The van der Waals surface area contributed by atoms with Gasteiger partial charge in [0, 0.05) is 58.0 Å². The van der Waals surface area contributed by atoms with Gasteiger partial charge < -0.3 is 4.57 Å². The fraction of sp³-hybridized carbons (Fsp3) is 0.0244. The van der Waals surface area contributed by atoms with Gasteiger partial charge in [0.25, 0.3) is 0 Å². The van der Waals surface area contributed by atoms with Crippen LogP contribution >= 0.6 is 38.6 Å². The van der Waals surface area contributed by atoms with Gasteiger partial charge in [-0.25, -0.2) is 0 Å². The highest BCUT2D eigenvalue weighted by Gasteiger charge is 2.22. The number of fused-ring (bicyclic) bond motifs is 10. The van der Waals surface area contributed by atoms with Gasteiger partial charge >= 0.3 is 0 Å². The van der Waals surface area contributed by atoms with Gasteiger partial charge in [0.2, 0.25) is 0 Å². The molecule has 9 aromatic rings. The average Bonchev–Trinajstić information content (AvgIpc) is 3.83. The van der Waals surface area contributed by atoms with Crippen molar-refractivity contribution in [1.29, 1.82) is 0 Å². The van der Waals surface area contributed by atoms with Gasteiger partial charge in [0.1, 0.15) is 4.83 Å². The monoisotopic (exact) mass is 677 g/mol. The molecule has 0 aliphatic heterocycles. The molecule has 3 heterocycles. The van der Waals surface area contributed by atoms with Gasteiger partial charge in [0.15, 0.2) is 0 Å². The van der Waals surface area contributed by atoms with Crippen molar-refractivity contribution in [2.45, 2.75) is 6.42 Å². The van der Waals surface area contributed by atoms with E-state index >= 15 is 0 Å². The molecule has 45 heavy (non-hydrogen) atoms. The molecule has 216 valence electrons. The Kier molecular flexibility index (Phi) is 7.56. The SMILES string of the molecule is Brc1ccccc1.c1ccc(-n2c3ccccc3c3c4ccccc4sc32)cc1.c1ccc2c(c1)Cc1sc3ccccc3c1-2. The van der Waals surface area contributed by atoms with Crippen LogP contribution < -0.4 is 0 Å². The highest BCUT2D eigenvalue weighted by atomic mass is 79.9. The predicted molar refractivity (Wildman–Crippen MR) is 200 cm³/mol. The molecule has 0 N–H and O–H groups in total. The molecule has 1 aliphatic rings. The first kappa shape index (κ1) is 28.0. The minimum atomic E-state index is 1.12. The molecule has 0 atom stereocenters. The van der Waals surface area contributed by atoms with Gasteiger partial charge in [-0.2, -0.15) is 0 Å². The molecule has 0 saturated carbocycles. The fourth-order valence-corrected chi connectivity index (χ4v) is 9.09. The first-order valence-corrected chi connectivity index (χ1v) is 17.4. The van der Waals surface area contributed by atoms with Crippen molar-refractivity contribution in [3.8, 4) is 16.8 Å². The topological polar surface area (TPSA) is 4.93 Å². The maximum atomic E-state index is 3.31. The lowest BCUT2D eigenvalue weighted by Gasteiger charge is -2.05. The van der Waals surface area contributed by atoms with E-state index in [-0.39, 0.29) is 0 Å². The number of aromatic nitrogens is 1. The number of nitrogens with zero attached hydrogens (tertiary/aromatic N) is 1. The number of benzene rings is 6. The maximum Gasteiger partial charge on any atom is 0.109 e. The summed E-state index contributed by atoms with van der Waals surface area (Å²) in [4.78, 5) is 2.86. The predicted octanol–water partition coefficient (Wildman–Crippen LogP) is 12.9. The Bertz CT molecular complexity index is 2420. The average molecular weight is 679 g/mol. The van der Waals surface area contributed by atoms with E-state index in [9.17, 15) is 0 Å². The summed E-state index contributed by atoms with van der Waals surface area (Å²) in [6, 6.07) is 55.5. The molecular weight excluding hydrogens is 650 g/mol. The number of thiophene rings is 2. The van der Waals surface area contributed by atoms with E-state index < -0.39 is 0 Å². The highest BCUT2D eigenvalue weighted by molar-refractivity contribution is 9.10. The Hall–Kier alpha value is -4.48. The fourth-order valence-electron chi connectivity index (χ4n) is 6.30. The number of rotatable bonds is 1. The van der Waals surface area contributed by atoms with Crippen LogP contribution in [0, 0.1) is 0 Å². The Morgan fingerprint density at radius 1 is 0.511 bits per heavy atom. The largest absolute Gasteiger partial charge is 0.301 e. The normalized spacial score (nSPS) is 11.6. The van der Waals surface area contributed by atoms with E-state index in [1.165, 1.54) is 68.5 Å². The zero-order valence-electron chi connectivity index (χ0n) is 24.4. The lowest BCUT2D eigenvalue weighted by atomic mass is 10.0. The minimum Gasteiger partial charge on any atom is -0.301 e. The number of hydrogen-bond acceptors (Lipinski definition) is 2. The van der Waals surface area contributed by atoms with Crippen LogP contribution in [0.25, 0.3) is 58.1 Å². The highest BCUT2D eigenvalue weighted by Crippen LogP contribution is 2.46. The second-order valence-electron chi connectivity index (χ2n) is 11.0. The lowest BCUT2D eigenvalue weighted by molar-refractivity contribution is 1.19. The molecule has 0 amide bonds. The summed E-state index contributed by atoms with van der Waals surface area (Å²) in [5, 5.41) is 5.49. The molecule has 0 fully saturated rings. The van der Waals surface area contributed by atoms with Crippen molar-refractivity contribution >= 4 is 79.9 Å². The molecule has 10 rings (SSSR count). The van der Waals surface area contributed by atoms with Crippen molar-refractivity contribution in [1.82, 2.24) is 4.57 Å². The van der Waals surface area contributed by atoms with Crippen LogP contribution in [-0.4, -0.2) is 4.57 Å². The molecule has 3 aromatic heterocycles. The molecule has 1 aliphatic carbocycles. The number of hydrogen-bond donors (Lipinski definition) is 0. The maximum absolute atomic E-state index is 3.31. The van der Waals surface area contributed by atoms with Gasteiger partial charge in [-0.3, -0.25) is 0 Å². The summed E-state index contributed by atoms with van der Waals surface area (Å²) in [6.45, 7) is 0. The van der Waals surface area contributed by atoms with Crippen LogP contribution in [0.4, 0.5) is 0 Å². The summed E-state index contributed by atoms with van der Waals surface area (Å²) in [6.07, 6.45) is 1.12. The van der Waals surface area contributed by atoms with Crippen LogP contribution in [-0.2, 0) is 6.42 Å². The van der Waals surface area contributed by atoms with E-state index in [2.05, 4.69) is 148 Å². The quantitative estimate of drug-likeness (QED) is 0.163. The standard InChI is InChI=1S/C20H13NS.C15H10S.C6H5Br/c1-2-8-14(9-3-1)21-17-12-6-4-10-15(17)19-16-11-5-7-13-18(16)22-20(19)21;1-2-6-11-10(5-1)9-14-15(11)12-7-3-4-8-13(12)16-14;7-6-4-2-1-3-5-6/h1-13H;1-8H,9H2;1-5H. The third-order valence-electron chi connectivity index (χ3n) is 8.25. The van der Waals surface area contributed by atoms with Crippen molar-refractivity contribution < 1.29 is 0 Å². The molecule has 0 saturated heterocycles. The van der Waals surface area contributed by atoms with Crippen molar-refractivity contribution in [2.24, 2.45) is 0 Å². The van der Waals surface area contributed by atoms with Crippen LogP contribution in [0.1, 0.15) is 10.4 Å². The first-order valence-electron chi connectivity index (χ1n) is 15.0. The summed E-state index contributed by atoms with van der Waals surface area (Å²) in [5.41, 5.74) is 6.90. The van der Waals surface area contributed by atoms with E-state index in [4.69, 9.17) is 0 Å². The molecular formula is C41H28BrNS2. The second-order valence-corrected chi connectivity index (χ2v) is 14.1. The third-order valence-corrected chi connectivity index (χ3v) is 11.1. The van der Waals surface area contributed by atoms with Crippen molar-refractivity contribution in [2.75, 3.05) is 0 Å². The zero-order valence-corrected chi connectivity index (χ0v) is 27.6. The van der Waals surface area contributed by atoms with E-state index in [0.29, 0.717) is 0 Å². The van der Waals surface area contributed by atoms with E-state index in [0.717, 1.165) is 10.9 Å². The molecule has 4 heteroatoms. The van der Waals surface area contributed by atoms with Crippen LogP contribution in [0.2, 0.25) is 0 Å². The van der Waals surface area contributed by atoms with Gasteiger partial charge in [0.05, 0.1) is 5.52 Å². The van der Waals surface area contributed by atoms with Crippen LogP contribution in [0.5, 0.6) is 0 Å². The van der Waals surface area contributed by atoms with Crippen molar-refractivity contribution in [3.63, 3.8) is 0 Å². The number of halogens is 1.